The van der Waals surface area contributed by atoms with Gasteiger partial charge in [0, 0.05) is 46.6 Å². The first-order chi connectivity index (χ1) is 18.2. The molecular weight excluding hydrogens is 553 g/mol. The Morgan fingerprint density at radius 3 is 2.62 bits per heavy atom. The van der Waals surface area contributed by atoms with Crippen LogP contribution in [0.4, 0.5) is 8.78 Å². The van der Waals surface area contributed by atoms with Crippen LogP contribution in [-0.2, 0) is 21.4 Å². The molecule has 2 heterocycles. The van der Waals surface area contributed by atoms with Crippen LogP contribution in [0, 0.1) is 11.6 Å². The van der Waals surface area contributed by atoms with Crippen LogP contribution in [0.2, 0.25) is 0 Å². The van der Waals surface area contributed by atoms with Crippen LogP contribution in [0.5, 0.6) is 5.75 Å². The first-order valence-corrected chi connectivity index (χ1v) is 14.5. The summed E-state index contributed by atoms with van der Waals surface area (Å²) in [5, 5.41) is 0.223. The quantitative estimate of drug-likeness (QED) is 0.323. The number of benzene rings is 3. The second kappa shape index (κ2) is 12.2. The summed E-state index contributed by atoms with van der Waals surface area (Å²) in [7, 11) is -3.66. The van der Waals surface area contributed by atoms with Gasteiger partial charge in [-0.2, -0.15) is 0 Å². The van der Waals surface area contributed by atoms with Crippen LogP contribution in [-0.4, -0.2) is 60.9 Å². The number of ether oxygens (including phenoxy) is 1. The summed E-state index contributed by atoms with van der Waals surface area (Å²) in [4.78, 5) is 16.7. The molecule has 1 N–H and O–H groups in total. The van der Waals surface area contributed by atoms with Crippen molar-refractivity contribution in [1.29, 1.82) is 0 Å². The van der Waals surface area contributed by atoms with Crippen LogP contribution >= 0.6 is 11.8 Å². The molecule has 0 bridgehead atoms. The minimum absolute atomic E-state index is 0. The molecule has 195 valence electrons. The van der Waals surface area contributed by atoms with E-state index in [4.69, 9.17) is 4.74 Å². The number of amides is 1. The van der Waals surface area contributed by atoms with Crippen molar-refractivity contribution in [2.75, 3.05) is 12.0 Å². The summed E-state index contributed by atoms with van der Waals surface area (Å²) < 4.78 is 58.2. The summed E-state index contributed by atoms with van der Waals surface area (Å²) >= 11 is 1.31. The molecule has 11 heteroatoms. The van der Waals surface area contributed by atoms with Gasteiger partial charge in [0.1, 0.15) is 12.4 Å². The number of hydrogen-bond acceptors (Lipinski definition) is 6. The first kappa shape index (κ1) is 29.2. The third-order valence-corrected chi connectivity index (χ3v) is 7.79. The van der Waals surface area contributed by atoms with Crippen LogP contribution in [0.3, 0.4) is 0 Å². The number of carbonyl (C=O) groups excluding carboxylic acids is 1. The monoisotopic (exact) mass is 575 g/mol. The Labute approximate surface area is 251 Å². The van der Waals surface area contributed by atoms with Gasteiger partial charge in [-0.25, -0.2) is 22.2 Å². The standard InChI is InChI=1S/C28H22F2N2O4S2.Na/c1-38(34,35)32-27(33)16-37-28-21-5-3-2-4-19(21)15-36-26-11-7-17(12-22(26)28)6-9-20-10-8-18-13-23(29)24(30)14-25(18)31-20;/h2-14,28H,15-16H2,1H3,(H,32,33);. The molecule has 0 spiro atoms. The van der Waals surface area contributed by atoms with Crippen molar-refractivity contribution >= 4 is 80.3 Å². The average Bonchev–Trinajstić information content (AvgIpc) is 3.02. The molecule has 1 aliphatic rings. The van der Waals surface area contributed by atoms with Crippen molar-refractivity contribution in [2.24, 2.45) is 0 Å². The van der Waals surface area contributed by atoms with Gasteiger partial charge in [-0.1, -0.05) is 42.5 Å². The zero-order valence-electron chi connectivity index (χ0n) is 21.1. The molecule has 4 aromatic rings. The fourth-order valence-corrected chi connectivity index (χ4v) is 5.97. The van der Waals surface area contributed by atoms with E-state index in [1.165, 1.54) is 11.8 Å². The predicted molar refractivity (Wildman–Crippen MR) is 151 cm³/mol. The van der Waals surface area contributed by atoms with Crippen LogP contribution in [0.15, 0.2) is 66.7 Å². The normalized spacial score (nSPS) is 14.6. The molecule has 1 aliphatic heterocycles. The second-order valence-electron chi connectivity index (χ2n) is 8.80. The van der Waals surface area contributed by atoms with E-state index >= 15 is 0 Å². The van der Waals surface area contributed by atoms with Crippen molar-refractivity contribution in [1.82, 2.24) is 9.71 Å². The van der Waals surface area contributed by atoms with Gasteiger partial charge in [-0.15, -0.1) is 11.8 Å². The summed E-state index contributed by atoms with van der Waals surface area (Å²) in [6, 6.07) is 19.1. The number of fused-ring (bicyclic) bond motifs is 3. The number of nitrogens with one attached hydrogen (secondary N) is 1. The molecule has 1 radical (unpaired) electrons. The Kier molecular flexibility index (Phi) is 9.13. The maximum absolute atomic E-state index is 13.7. The number of carbonyl (C=O) groups is 1. The molecule has 5 rings (SSSR count). The smallest absolute Gasteiger partial charge is 0.243 e. The topological polar surface area (TPSA) is 85.4 Å². The zero-order valence-corrected chi connectivity index (χ0v) is 24.8. The van der Waals surface area contributed by atoms with E-state index in [-0.39, 0.29) is 40.6 Å². The van der Waals surface area contributed by atoms with Gasteiger partial charge in [0.15, 0.2) is 11.6 Å². The number of rotatable bonds is 6. The minimum Gasteiger partial charge on any atom is -0.489 e. The average molecular weight is 576 g/mol. The summed E-state index contributed by atoms with van der Waals surface area (Å²) in [5.74, 6) is -1.87. The third kappa shape index (κ3) is 7.06. The van der Waals surface area contributed by atoms with Gasteiger partial charge in [0.2, 0.25) is 15.9 Å². The molecular formula is C28H22F2N2NaO4S2. The number of pyridine rings is 1. The maximum Gasteiger partial charge on any atom is 0.243 e. The Hall–Kier alpha value is -2.76. The molecule has 1 atom stereocenters. The molecule has 0 fully saturated rings. The number of hydrogen-bond donors (Lipinski definition) is 1. The minimum atomic E-state index is -3.66. The fourth-order valence-electron chi connectivity index (χ4n) is 4.23. The van der Waals surface area contributed by atoms with E-state index < -0.39 is 27.6 Å². The largest absolute Gasteiger partial charge is 0.489 e. The molecule has 39 heavy (non-hydrogen) atoms. The van der Waals surface area contributed by atoms with Gasteiger partial charge in [0.05, 0.1) is 28.5 Å². The van der Waals surface area contributed by atoms with E-state index in [1.54, 1.807) is 18.2 Å². The van der Waals surface area contributed by atoms with Crippen LogP contribution < -0.4 is 9.46 Å². The Morgan fingerprint density at radius 1 is 1.05 bits per heavy atom. The van der Waals surface area contributed by atoms with Crippen molar-refractivity contribution in [3.63, 3.8) is 0 Å². The van der Waals surface area contributed by atoms with Crippen LogP contribution in [0.1, 0.15) is 33.2 Å². The summed E-state index contributed by atoms with van der Waals surface area (Å²) in [6.07, 6.45) is 4.57. The predicted octanol–water partition coefficient (Wildman–Crippen LogP) is 5.09. The Bertz CT molecular complexity index is 1700. The molecule has 0 aliphatic carbocycles. The van der Waals surface area contributed by atoms with E-state index in [1.807, 2.05) is 53.3 Å². The van der Waals surface area contributed by atoms with E-state index in [0.717, 1.165) is 40.6 Å². The Morgan fingerprint density at radius 2 is 1.82 bits per heavy atom. The van der Waals surface area contributed by atoms with E-state index in [9.17, 15) is 22.0 Å². The fraction of sp³-hybridized carbons (Fsp3) is 0.143. The van der Waals surface area contributed by atoms with Gasteiger partial charge in [-0.05, 0) is 47.0 Å². The number of sulfonamides is 1. The molecule has 1 aromatic heterocycles. The van der Waals surface area contributed by atoms with Gasteiger partial charge in [-0.3, -0.25) is 9.52 Å². The first-order valence-electron chi connectivity index (χ1n) is 11.6. The molecule has 6 nitrogen and oxygen atoms in total. The van der Waals surface area contributed by atoms with Gasteiger partial charge < -0.3 is 4.74 Å². The van der Waals surface area contributed by atoms with Gasteiger partial charge in [0.25, 0.3) is 0 Å². The van der Waals surface area contributed by atoms with Crippen molar-refractivity contribution in [3.05, 3.63) is 106 Å². The van der Waals surface area contributed by atoms with Crippen LogP contribution in [0.25, 0.3) is 23.1 Å². The van der Waals surface area contributed by atoms with Crippen molar-refractivity contribution in [2.45, 2.75) is 11.9 Å². The maximum atomic E-state index is 13.7. The number of aromatic nitrogens is 1. The molecule has 0 saturated carbocycles. The van der Waals surface area contributed by atoms with Gasteiger partial charge >= 0.3 is 0 Å². The molecule has 0 saturated heterocycles. The third-order valence-electron chi connectivity index (χ3n) is 5.92. The number of thioether (sulfide) groups is 1. The molecule has 1 unspecified atom stereocenters. The van der Waals surface area contributed by atoms with Crippen molar-refractivity contribution < 1.29 is 26.7 Å². The van der Waals surface area contributed by atoms with Crippen molar-refractivity contribution in [3.8, 4) is 5.75 Å². The SMILES string of the molecule is CS(=O)(=O)NC(=O)CSC1c2ccccc2COc2ccc(C=Cc3ccc4cc(F)c(F)cc4n3)cc21.[Na]. The summed E-state index contributed by atoms with van der Waals surface area (Å²) in [5.41, 5.74) is 4.56. The van der Waals surface area contributed by atoms with E-state index in [2.05, 4.69) is 4.98 Å². The molecule has 1 amide bonds. The number of halogens is 2. The second-order valence-corrected chi connectivity index (χ2v) is 11.6. The molecule has 3 aromatic carbocycles. The Balaban J connectivity index is 0.00000353. The number of nitrogens with zero attached hydrogens (tertiary/aromatic N) is 1. The summed E-state index contributed by atoms with van der Waals surface area (Å²) in [6.45, 7) is 0.364. The van der Waals surface area contributed by atoms with E-state index in [0.29, 0.717) is 29.0 Å². The zero-order chi connectivity index (χ0) is 26.9.